The Labute approximate surface area is 135 Å². The summed E-state index contributed by atoms with van der Waals surface area (Å²) in [6.07, 6.45) is 1.77. The maximum atomic E-state index is 14.0. The normalized spacial score (nSPS) is 13.3. The lowest BCUT2D eigenvalue weighted by Crippen LogP contribution is -2.19. The zero-order valence-corrected chi connectivity index (χ0v) is 14.5. The van der Waals surface area contributed by atoms with Gasteiger partial charge in [-0.05, 0) is 38.0 Å². The third-order valence-corrected chi connectivity index (χ3v) is 4.97. The Kier molecular flexibility index (Phi) is 5.21. The van der Waals surface area contributed by atoms with Gasteiger partial charge in [0.15, 0.2) is 9.84 Å². The van der Waals surface area contributed by atoms with E-state index in [1.54, 1.807) is 6.07 Å². The van der Waals surface area contributed by atoms with Crippen LogP contribution < -0.4 is 5.32 Å². The van der Waals surface area contributed by atoms with Gasteiger partial charge in [-0.2, -0.15) is 0 Å². The molecule has 0 spiro atoms. The van der Waals surface area contributed by atoms with Crippen LogP contribution in [-0.4, -0.2) is 19.8 Å². The third-order valence-electron chi connectivity index (χ3n) is 3.84. The van der Waals surface area contributed by atoms with Gasteiger partial charge in [0.1, 0.15) is 16.5 Å². The SMILES string of the molecule is CCc1noc(C)c1CNC(C)c1ccc(S(C)(=O)=O)c(F)c1. The van der Waals surface area contributed by atoms with Gasteiger partial charge in [-0.25, -0.2) is 12.8 Å². The van der Waals surface area contributed by atoms with Crippen molar-refractivity contribution in [2.75, 3.05) is 6.26 Å². The van der Waals surface area contributed by atoms with Crippen LogP contribution in [0.15, 0.2) is 27.6 Å². The number of nitrogens with zero attached hydrogens (tertiary/aromatic N) is 1. The van der Waals surface area contributed by atoms with Gasteiger partial charge in [-0.15, -0.1) is 0 Å². The standard InChI is InChI=1S/C16H21FN2O3S/c1-5-15-13(11(3)22-19-15)9-18-10(2)12-6-7-16(14(17)8-12)23(4,20)21/h6-8,10,18H,5,9H2,1-4H3. The number of hydrogen-bond acceptors (Lipinski definition) is 5. The van der Waals surface area contributed by atoms with Crippen LogP contribution >= 0.6 is 0 Å². The van der Waals surface area contributed by atoms with Crippen molar-refractivity contribution in [3.63, 3.8) is 0 Å². The number of sulfone groups is 1. The molecule has 1 aromatic heterocycles. The van der Waals surface area contributed by atoms with E-state index in [1.165, 1.54) is 12.1 Å². The number of benzene rings is 1. The second-order valence-electron chi connectivity index (χ2n) is 5.58. The summed E-state index contributed by atoms with van der Waals surface area (Å²) in [5.74, 6) is 0.0363. The van der Waals surface area contributed by atoms with Crippen LogP contribution in [0.3, 0.4) is 0 Å². The van der Waals surface area contributed by atoms with Crippen LogP contribution in [0.1, 0.15) is 42.5 Å². The predicted octanol–water partition coefficient (Wildman–Crippen LogP) is 2.94. The monoisotopic (exact) mass is 340 g/mol. The molecule has 1 unspecified atom stereocenters. The Morgan fingerprint density at radius 1 is 1.39 bits per heavy atom. The first-order chi connectivity index (χ1) is 10.7. The van der Waals surface area contributed by atoms with Gasteiger partial charge in [0.25, 0.3) is 0 Å². The molecule has 1 heterocycles. The molecular weight excluding hydrogens is 319 g/mol. The molecule has 0 aliphatic heterocycles. The molecule has 7 heteroatoms. The summed E-state index contributed by atoms with van der Waals surface area (Å²) in [4.78, 5) is -0.281. The molecule has 126 valence electrons. The summed E-state index contributed by atoms with van der Waals surface area (Å²) in [6.45, 7) is 6.30. The molecule has 1 atom stereocenters. The minimum atomic E-state index is -3.55. The van der Waals surface area contributed by atoms with E-state index in [2.05, 4.69) is 10.5 Å². The molecule has 0 saturated heterocycles. The van der Waals surface area contributed by atoms with Crippen LogP contribution in [0, 0.1) is 12.7 Å². The maximum absolute atomic E-state index is 14.0. The topological polar surface area (TPSA) is 72.2 Å². The van der Waals surface area contributed by atoms with E-state index in [4.69, 9.17) is 4.52 Å². The number of aromatic nitrogens is 1. The van der Waals surface area contributed by atoms with Gasteiger partial charge < -0.3 is 9.84 Å². The minimum Gasteiger partial charge on any atom is -0.361 e. The van der Waals surface area contributed by atoms with Gasteiger partial charge in [0, 0.05) is 24.4 Å². The zero-order chi connectivity index (χ0) is 17.2. The maximum Gasteiger partial charge on any atom is 0.178 e. The molecule has 0 aliphatic carbocycles. The lowest BCUT2D eigenvalue weighted by molar-refractivity contribution is 0.389. The summed E-state index contributed by atoms with van der Waals surface area (Å²) in [5, 5.41) is 7.28. The zero-order valence-electron chi connectivity index (χ0n) is 13.7. The van der Waals surface area contributed by atoms with Crippen molar-refractivity contribution in [3.8, 4) is 0 Å². The Balaban J connectivity index is 2.14. The lowest BCUT2D eigenvalue weighted by Gasteiger charge is -2.15. The van der Waals surface area contributed by atoms with Crippen LogP contribution in [0.2, 0.25) is 0 Å². The van der Waals surface area contributed by atoms with E-state index < -0.39 is 15.7 Å². The number of halogens is 1. The molecule has 2 aromatic rings. The fourth-order valence-corrected chi connectivity index (χ4v) is 3.13. The van der Waals surface area contributed by atoms with Crippen molar-refractivity contribution in [3.05, 3.63) is 46.6 Å². The van der Waals surface area contributed by atoms with E-state index in [1.807, 2.05) is 20.8 Å². The van der Waals surface area contributed by atoms with Crippen LogP contribution in [-0.2, 0) is 22.8 Å². The van der Waals surface area contributed by atoms with Crippen molar-refractivity contribution in [2.24, 2.45) is 0 Å². The molecule has 5 nitrogen and oxygen atoms in total. The molecule has 0 aliphatic rings. The molecule has 0 radical (unpaired) electrons. The third kappa shape index (κ3) is 3.97. The molecule has 1 N–H and O–H groups in total. The highest BCUT2D eigenvalue weighted by molar-refractivity contribution is 7.90. The molecule has 0 bridgehead atoms. The molecular formula is C16H21FN2O3S. The highest BCUT2D eigenvalue weighted by Crippen LogP contribution is 2.21. The predicted molar refractivity (Wildman–Crippen MR) is 85.4 cm³/mol. The van der Waals surface area contributed by atoms with Crippen molar-refractivity contribution >= 4 is 9.84 Å². The Bertz CT molecular complexity index is 800. The summed E-state index contributed by atoms with van der Waals surface area (Å²) in [5.41, 5.74) is 2.59. The fraction of sp³-hybridized carbons (Fsp3) is 0.438. The second kappa shape index (κ2) is 6.80. The first-order valence-corrected chi connectivity index (χ1v) is 9.30. The summed E-state index contributed by atoms with van der Waals surface area (Å²) in [7, 11) is -3.55. The second-order valence-corrected chi connectivity index (χ2v) is 7.57. The highest BCUT2D eigenvalue weighted by atomic mass is 32.2. The highest BCUT2D eigenvalue weighted by Gasteiger charge is 2.17. The molecule has 23 heavy (non-hydrogen) atoms. The Hall–Kier alpha value is -1.73. The quantitative estimate of drug-likeness (QED) is 0.875. The van der Waals surface area contributed by atoms with E-state index in [0.29, 0.717) is 12.1 Å². The van der Waals surface area contributed by atoms with Crippen molar-refractivity contribution in [1.82, 2.24) is 10.5 Å². The number of hydrogen-bond donors (Lipinski definition) is 1. The van der Waals surface area contributed by atoms with Crippen molar-refractivity contribution < 1.29 is 17.3 Å². The molecule has 0 amide bonds. The van der Waals surface area contributed by atoms with Gasteiger partial charge in [0.05, 0.1) is 5.69 Å². The summed E-state index contributed by atoms with van der Waals surface area (Å²) >= 11 is 0. The number of rotatable bonds is 6. The van der Waals surface area contributed by atoms with Crippen molar-refractivity contribution in [1.29, 1.82) is 0 Å². The molecule has 0 saturated carbocycles. The van der Waals surface area contributed by atoms with Gasteiger partial charge in [-0.1, -0.05) is 18.1 Å². The number of aryl methyl sites for hydroxylation is 2. The van der Waals surface area contributed by atoms with E-state index in [0.717, 1.165) is 29.7 Å². The molecule has 0 fully saturated rings. The lowest BCUT2D eigenvalue weighted by atomic mass is 10.1. The molecule has 1 aromatic carbocycles. The minimum absolute atomic E-state index is 0.142. The van der Waals surface area contributed by atoms with Crippen molar-refractivity contribution in [2.45, 2.75) is 44.7 Å². The van der Waals surface area contributed by atoms with E-state index in [9.17, 15) is 12.8 Å². The largest absolute Gasteiger partial charge is 0.361 e. The fourth-order valence-electron chi connectivity index (χ4n) is 2.40. The van der Waals surface area contributed by atoms with Crippen LogP contribution in [0.4, 0.5) is 4.39 Å². The summed E-state index contributed by atoms with van der Waals surface area (Å²) in [6, 6.07) is 4.05. The summed E-state index contributed by atoms with van der Waals surface area (Å²) < 4.78 is 42.1. The van der Waals surface area contributed by atoms with Crippen LogP contribution in [0.25, 0.3) is 0 Å². The van der Waals surface area contributed by atoms with Gasteiger partial charge in [-0.3, -0.25) is 0 Å². The first kappa shape index (κ1) is 17.6. The number of nitrogens with one attached hydrogen (secondary N) is 1. The average molecular weight is 340 g/mol. The average Bonchev–Trinajstić information content (AvgIpc) is 2.83. The van der Waals surface area contributed by atoms with Gasteiger partial charge >= 0.3 is 0 Å². The van der Waals surface area contributed by atoms with E-state index in [-0.39, 0.29) is 10.9 Å². The Morgan fingerprint density at radius 2 is 2.09 bits per heavy atom. The van der Waals surface area contributed by atoms with Crippen LogP contribution in [0.5, 0.6) is 0 Å². The smallest absolute Gasteiger partial charge is 0.178 e. The van der Waals surface area contributed by atoms with Gasteiger partial charge in [0.2, 0.25) is 0 Å². The van der Waals surface area contributed by atoms with E-state index >= 15 is 0 Å². The molecule has 2 rings (SSSR count). The Morgan fingerprint density at radius 3 is 2.65 bits per heavy atom. The first-order valence-electron chi connectivity index (χ1n) is 7.41.